The van der Waals surface area contributed by atoms with E-state index < -0.39 is 16.4 Å². The molecule has 0 saturated carbocycles. The minimum atomic E-state index is -0.772. The average molecular weight is 254 g/mol. The lowest BCUT2D eigenvalue weighted by Crippen LogP contribution is -2.31. The molecule has 1 N–H and O–H groups in total. The highest BCUT2D eigenvalue weighted by Crippen LogP contribution is 2.24. The van der Waals surface area contributed by atoms with Crippen LogP contribution in [0.1, 0.15) is 18.4 Å². The molecule has 1 fully saturated rings. The van der Waals surface area contributed by atoms with Crippen molar-refractivity contribution < 1.29 is 14.4 Å². The molecule has 0 amide bonds. The summed E-state index contributed by atoms with van der Waals surface area (Å²) < 4.78 is 13.9. The van der Waals surface area contributed by atoms with Gasteiger partial charge in [-0.05, 0) is 19.4 Å². The maximum absolute atomic E-state index is 13.9. The molecule has 0 radical (unpaired) electrons. The molecule has 98 valence electrons. The van der Waals surface area contributed by atoms with Gasteiger partial charge >= 0.3 is 5.69 Å². The molecule has 1 aromatic carbocycles. The topological polar surface area (TPSA) is 66.6 Å². The zero-order valence-electron chi connectivity index (χ0n) is 9.88. The van der Waals surface area contributed by atoms with Crippen LogP contribution in [0.15, 0.2) is 18.2 Å². The fourth-order valence-corrected chi connectivity index (χ4v) is 2.36. The van der Waals surface area contributed by atoms with E-state index in [1.54, 1.807) is 6.07 Å². The summed E-state index contributed by atoms with van der Waals surface area (Å²) in [5.41, 5.74) is -0.184. The van der Waals surface area contributed by atoms with E-state index >= 15 is 0 Å². The molecule has 0 spiro atoms. The molecule has 1 saturated heterocycles. The molecular weight excluding hydrogens is 239 g/mol. The number of nitrogens with zero attached hydrogens (tertiary/aromatic N) is 2. The van der Waals surface area contributed by atoms with Gasteiger partial charge in [0.05, 0.1) is 11.5 Å². The Bertz CT molecular complexity index is 453. The lowest BCUT2D eigenvalue weighted by molar-refractivity contribution is -0.387. The van der Waals surface area contributed by atoms with Crippen molar-refractivity contribution in [3.8, 4) is 0 Å². The number of nitro benzene ring substituents is 1. The zero-order chi connectivity index (χ0) is 13.1. The van der Waals surface area contributed by atoms with E-state index in [1.165, 1.54) is 6.07 Å². The lowest BCUT2D eigenvalue weighted by Gasteiger charge is -2.22. The Hall–Kier alpha value is -1.53. The highest BCUT2D eigenvalue weighted by Gasteiger charge is 2.26. The molecule has 0 aliphatic carbocycles. The number of rotatable bonds is 4. The Morgan fingerprint density at radius 3 is 3.00 bits per heavy atom. The molecule has 0 bridgehead atoms. The summed E-state index contributed by atoms with van der Waals surface area (Å²) in [7, 11) is 0. The normalized spacial score (nSPS) is 20.2. The molecule has 1 heterocycles. The minimum absolute atomic E-state index is 0.0312. The first-order valence-electron chi connectivity index (χ1n) is 5.90. The molecule has 6 heteroatoms. The van der Waals surface area contributed by atoms with Crippen molar-refractivity contribution in [2.24, 2.45) is 0 Å². The molecular formula is C12H15FN2O3. The fourth-order valence-electron chi connectivity index (χ4n) is 2.36. The first-order chi connectivity index (χ1) is 8.63. The van der Waals surface area contributed by atoms with Crippen molar-refractivity contribution >= 4 is 5.69 Å². The number of hydrogen-bond donors (Lipinski definition) is 1. The summed E-state index contributed by atoms with van der Waals surface area (Å²) >= 11 is 0. The van der Waals surface area contributed by atoms with Crippen molar-refractivity contribution in [2.45, 2.75) is 25.4 Å². The molecule has 0 aromatic heterocycles. The predicted octanol–water partition coefficient (Wildman–Crippen LogP) is 1.69. The van der Waals surface area contributed by atoms with Crippen LogP contribution in [0.3, 0.4) is 0 Å². The number of halogens is 1. The number of aliphatic hydroxyl groups excluding tert-OH is 1. The van der Waals surface area contributed by atoms with E-state index in [1.807, 2.05) is 4.90 Å². The van der Waals surface area contributed by atoms with Crippen LogP contribution >= 0.6 is 0 Å². The van der Waals surface area contributed by atoms with Crippen molar-refractivity contribution in [3.63, 3.8) is 0 Å². The fraction of sp³-hybridized carbons (Fsp3) is 0.500. The van der Waals surface area contributed by atoms with Gasteiger partial charge in [0.1, 0.15) is 0 Å². The number of aliphatic hydroxyl groups is 1. The second-order valence-electron chi connectivity index (χ2n) is 4.46. The van der Waals surface area contributed by atoms with Crippen LogP contribution in [0.4, 0.5) is 10.1 Å². The van der Waals surface area contributed by atoms with E-state index in [4.69, 9.17) is 0 Å². The van der Waals surface area contributed by atoms with E-state index in [0.717, 1.165) is 25.5 Å². The predicted molar refractivity (Wildman–Crippen MR) is 63.6 cm³/mol. The van der Waals surface area contributed by atoms with Crippen molar-refractivity contribution in [1.29, 1.82) is 0 Å². The van der Waals surface area contributed by atoms with Crippen LogP contribution in [0.2, 0.25) is 0 Å². The second kappa shape index (κ2) is 5.41. The summed E-state index contributed by atoms with van der Waals surface area (Å²) in [6, 6.07) is 4.23. The monoisotopic (exact) mass is 254 g/mol. The highest BCUT2D eigenvalue weighted by atomic mass is 19.1. The maximum atomic E-state index is 13.9. The molecule has 18 heavy (non-hydrogen) atoms. The third-order valence-corrected chi connectivity index (χ3v) is 3.34. The van der Waals surface area contributed by atoms with Gasteiger partial charge in [0.2, 0.25) is 5.82 Å². The molecule has 5 nitrogen and oxygen atoms in total. The highest BCUT2D eigenvalue weighted by molar-refractivity contribution is 5.36. The van der Waals surface area contributed by atoms with Crippen molar-refractivity contribution in [3.05, 3.63) is 39.7 Å². The van der Waals surface area contributed by atoms with Gasteiger partial charge in [-0.25, -0.2) is 0 Å². The Kier molecular flexibility index (Phi) is 3.88. The number of nitro groups is 1. The van der Waals surface area contributed by atoms with Gasteiger partial charge in [-0.3, -0.25) is 15.0 Å². The smallest absolute Gasteiger partial charge is 0.305 e. The summed E-state index contributed by atoms with van der Waals surface area (Å²) in [4.78, 5) is 11.9. The SMILES string of the molecule is O=[N+]([O-])c1cccc(CN2CCCC2CO)c1F. The number of hydrogen-bond acceptors (Lipinski definition) is 4. The summed E-state index contributed by atoms with van der Waals surface area (Å²) in [6.07, 6.45) is 1.84. The first kappa shape index (κ1) is 12.9. The van der Waals surface area contributed by atoms with Crippen LogP contribution in [0.25, 0.3) is 0 Å². The molecule has 2 rings (SSSR count). The molecule has 1 atom stereocenters. The molecule has 1 aliphatic heterocycles. The lowest BCUT2D eigenvalue weighted by atomic mass is 10.1. The quantitative estimate of drug-likeness (QED) is 0.656. The summed E-state index contributed by atoms with van der Waals surface area (Å²) in [6.45, 7) is 1.13. The van der Waals surface area contributed by atoms with Crippen LogP contribution in [-0.2, 0) is 6.54 Å². The van der Waals surface area contributed by atoms with Crippen LogP contribution < -0.4 is 0 Å². The van der Waals surface area contributed by atoms with E-state index in [0.29, 0.717) is 12.1 Å². The maximum Gasteiger partial charge on any atom is 0.305 e. The van der Waals surface area contributed by atoms with Crippen LogP contribution in [-0.4, -0.2) is 34.1 Å². The number of likely N-dealkylation sites (tertiary alicyclic amines) is 1. The van der Waals surface area contributed by atoms with Gasteiger partial charge in [-0.1, -0.05) is 12.1 Å². The first-order valence-corrected chi connectivity index (χ1v) is 5.90. The average Bonchev–Trinajstić information content (AvgIpc) is 2.78. The molecule has 1 aliphatic rings. The standard InChI is InChI=1S/C12H15FN2O3/c13-12-9(3-1-5-11(12)15(17)18)7-14-6-2-4-10(14)8-16/h1,3,5,10,16H,2,4,6-8H2. The van der Waals surface area contributed by atoms with Gasteiger partial charge in [0.25, 0.3) is 0 Å². The zero-order valence-corrected chi connectivity index (χ0v) is 9.88. The second-order valence-corrected chi connectivity index (χ2v) is 4.46. The van der Waals surface area contributed by atoms with Crippen LogP contribution in [0.5, 0.6) is 0 Å². The third kappa shape index (κ3) is 2.49. The Labute approximate surface area is 104 Å². The van der Waals surface area contributed by atoms with Gasteiger partial charge in [0.15, 0.2) is 0 Å². The Balaban J connectivity index is 2.19. The molecule has 1 aromatic rings. The van der Waals surface area contributed by atoms with E-state index in [-0.39, 0.29) is 12.6 Å². The van der Waals surface area contributed by atoms with Gasteiger partial charge in [0, 0.05) is 24.2 Å². The van der Waals surface area contributed by atoms with E-state index in [2.05, 4.69) is 0 Å². The Morgan fingerprint density at radius 1 is 1.56 bits per heavy atom. The van der Waals surface area contributed by atoms with Gasteiger partial charge in [-0.2, -0.15) is 4.39 Å². The third-order valence-electron chi connectivity index (χ3n) is 3.34. The van der Waals surface area contributed by atoms with E-state index in [9.17, 15) is 19.6 Å². The van der Waals surface area contributed by atoms with Crippen molar-refractivity contribution in [2.75, 3.05) is 13.2 Å². The Morgan fingerprint density at radius 2 is 2.33 bits per heavy atom. The van der Waals surface area contributed by atoms with Crippen LogP contribution in [0, 0.1) is 15.9 Å². The number of benzene rings is 1. The van der Waals surface area contributed by atoms with Gasteiger partial charge in [-0.15, -0.1) is 0 Å². The summed E-state index contributed by atoms with van der Waals surface area (Å²) in [5, 5.41) is 19.8. The summed E-state index contributed by atoms with van der Waals surface area (Å²) in [5.74, 6) is -0.772. The largest absolute Gasteiger partial charge is 0.395 e. The van der Waals surface area contributed by atoms with Gasteiger partial charge < -0.3 is 5.11 Å². The van der Waals surface area contributed by atoms with Crippen molar-refractivity contribution in [1.82, 2.24) is 4.90 Å². The minimum Gasteiger partial charge on any atom is -0.395 e. The molecule has 1 unspecified atom stereocenters.